The summed E-state index contributed by atoms with van der Waals surface area (Å²) in [6, 6.07) is 18.2. The molecule has 2 aromatic carbocycles. The highest BCUT2D eigenvalue weighted by Crippen LogP contribution is 2.29. The van der Waals surface area contributed by atoms with E-state index in [0.717, 1.165) is 44.0 Å². The SMILES string of the molecule is COc1ccccc1N1CCN(c2nc(NO)nc(NCCc3ccccc3)n2)CC1. The van der Waals surface area contributed by atoms with E-state index >= 15 is 0 Å². The zero-order valence-corrected chi connectivity index (χ0v) is 17.5. The fourth-order valence-corrected chi connectivity index (χ4v) is 3.64. The average Bonchev–Trinajstić information content (AvgIpc) is 2.84. The first-order valence-electron chi connectivity index (χ1n) is 10.3. The van der Waals surface area contributed by atoms with Gasteiger partial charge in [0.1, 0.15) is 5.75 Å². The molecule has 1 aliphatic rings. The van der Waals surface area contributed by atoms with Gasteiger partial charge < -0.3 is 19.9 Å². The molecule has 1 fully saturated rings. The van der Waals surface area contributed by atoms with Crippen molar-refractivity contribution in [2.75, 3.05) is 60.4 Å². The van der Waals surface area contributed by atoms with E-state index in [-0.39, 0.29) is 5.95 Å². The number of hydrogen-bond donors (Lipinski definition) is 3. The summed E-state index contributed by atoms with van der Waals surface area (Å²) in [4.78, 5) is 17.5. The number of para-hydroxylation sites is 2. The lowest BCUT2D eigenvalue weighted by Crippen LogP contribution is -2.47. The Labute approximate surface area is 181 Å². The standard InChI is InChI=1S/C22H27N7O2/c1-31-19-10-6-5-9-18(19)28-13-15-29(16-14-28)22-25-20(24-21(26-22)27-30)23-12-11-17-7-3-2-4-8-17/h2-10,30H,11-16H2,1H3,(H2,23,24,25,26,27). The molecule has 0 spiro atoms. The molecule has 1 saturated heterocycles. The molecule has 9 heteroatoms. The third-order valence-corrected chi connectivity index (χ3v) is 5.25. The van der Waals surface area contributed by atoms with Crippen LogP contribution in [0.4, 0.5) is 23.5 Å². The molecule has 4 rings (SSSR count). The monoisotopic (exact) mass is 421 g/mol. The van der Waals surface area contributed by atoms with Gasteiger partial charge in [-0.05, 0) is 24.1 Å². The van der Waals surface area contributed by atoms with Gasteiger partial charge in [-0.25, -0.2) is 5.48 Å². The molecule has 0 atom stereocenters. The summed E-state index contributed by atoms with van der Waals surface area (Å²) in [6.45, 7) is 3.79. The van der Waals surface area contributed by atoms with Gasteiger partial charge in [0, 0.05) is 32.7 Å². The number of aromatic nitrogens is 3. The van der Waals surface area contributed by atoms with Gasteiger partial charge in [-0.15, -0.1) is 0 Å². The van der Waals surface area contributed by atoms with E-state index in [9.17, 15) is 5.21 Å². The first-order valence-corrected chi connectivity index (χ1v) is 10.3. The van der Waals surface area contributed by atoms with Crippen molar-refractivity contribution in [2.24, 2.45) is 0 Å². The molecule has 1 aliphatic heterocycles. The summed E-state index contributed by atoms with van der Waals surface area (Å²) in [7, 11) is 1.69. The number of hydrogen-bond acceptors (Lipinski definition) is 9. The van der Waals surface area contributed by atoms with Crippen LogP contribution in [-0.2, 0) is 6.42 Å². The maximum Gasteiger partial charge on any atom is 0.253 e. The summed E-state index contributed by atoms with van der Waals surface area (Å²) < 4.78 is 5.49. The number of ether oxygens (including phenoxy) is 1. The molecule has 1 aromatic heterocycles. The lowest BCUT2D eigenvalue weighted by molar-refractivity contribution is 0.382. The number of nitrogens with one attached hydrogen (secondary N) is 2. The zero-order valence-electron chi connectivity index (χ0n) is 17.5. The lowest BCUT2D eigenvalue weighted by Gasteiger charge is -2.36. The maximum atomic E-state index is 9.37. The smallest absolute Gasteiger partial charge is 0.253 e. The molecular formula is C22H27N7O2. The third-order valence-electron chi connectivity index (χ3n) is 5.25. The second kappa shape index (κ2) is 9.94. The molecule has 2 heterocycles. The minimum atomic E-state index is 0.124. The van der Waals surface area contributed by atoms with Crippen LogP contribution >= 0.6 is 0 Å². The molecule has 0 amide bonds. The Balaban J connectivity index is 1.40. The first-order chi connectivity index (χ1) is 15.3. The first kappa shape index (κ1) is 20.7. The molecule has 31 heavy (non-hydrogen) atoms. The van der Waals surface area contributed by atoms with Gasteiger partial charge >= 0.3 is 0 Å². The summed E-state index contributed by atoms with van der Waals surface area (Å²) in [6.07, 6.45) is 0.849. The number of methoxy groups -OCH3 is 1. The minimum Gasteiger partial charge on any atom is -0.495 e. The van der Waals surface area contributed by atoms with Crippen molar-refractivity contribution in [1.82, 2.24) is 15.0 Å². The molecule has 0 unspecified atom stereocenters. The van der Waals surface area contributed by atoms with Gasteiger partial charge in [-0.3, -0.25) is 5.21 Å². The fourth-order valence-electron chi connectivity index (χ4n) is 3.64. The van der Waals surface area contributed by atoms with Crippen LogP contribution in [-0.4, -0.2) is 60.0 Å². The van der Waals surface area contributed by atoms with E-state index in [1.165, 1.54) is 5.56 Å². The van der Waals surface area contributed by atoms with Gasteiger partial charge in [-0.1, -0.05) is 42.5 Å². The molecular weight excluding hydrogens is 394 g/mol. The Morgan fingerprint density at radius 1 is 0.871 bits per heavy atom. The fraction of sp³-hybridized carbons (Fsp3) is 0.318. The summed E-state index contributed by atoms with van der Waals surface area (Å²) in [5.74, 6) is 1.96. The molecule has 9 nitrogen and oxygen atoms in total. The van der Waals surface area contributed by atoms with Crippen LogP contribution in [0.5, 0.6) is 5.75 Å². The van der Waals surface area contributed by atoms with Crippen molar-refractivity contribution < 1.29 is 9.94 Å². The van der Waals surface area contributed by atoms with Crippen LogP contribution in [0, 0.1) is 0 Å². The van der Waals surface area contributed by atoms with Crippen molar-refractivity contribution in [3.63, 3.8) is 0 Å². The molecule has 0 radical (unpaired) electrons. The van der Waals surface area contributed by atoms with Crippen molar-refractivity contribution in [3.05, 3.63) is 60.2 Å². The number of piperazine rings is 1. The van der Waals surface area contributed by atoms with Crippen molar-refractivity contribution in [1.29, 1.82) is 0 Å². The van der Waals surface area contributed by atoms with Gasteiger partial charge in [0.25, 0.3) is 5.95 Å². The Morgan fingerprint density at radius 3 is 2.29 bits per heavy atom. The van der Waals surface area contributed by atoms with Gasteiger partial charge in [0.2, 0.25) is 11.9 Å². The van der Waals surface area contributed by atoms with Gasteiger partial charge in [-0.2, -0.15) is 15.0 Å². The predicted molar refractivity (Wildman–Crippen MR) is 121 cm³/mol. The van der Waals surface area contributed by atoms with Crippen molar-refractivity contribution in [2.45, 2.75) is 6.42 Å². The summed E-state index contributed by atoms with van der Waals surface area (Å²) in [5.41, 5.74) is 4.37. The van der Waals surface area contributed by atoms with Crippen molar-refractivity contribution >= 4 is 23.5 Å². The Bertz CT molecular complexity index is 979. The highest BCUT2D eigenvalue weighted by atomic mass is 16.5. The molecule has 0 saturated carbocycles. The van der Waals surface area contributed by atoms with Crippen LogP contribution in [0.2, 0.25) is 0 Å². The van der Waals surface area contributed by atoms with E-state index in [2.05, 4.69) is 48.3 Å². The predicted octanol–water partition coefficient (Wildman–Crippen LogP) is 2.66. The Morgan fingerprint density at radius 2 is 1.55 bits per heavy atom. The van der Waals surface area contributed by atoms with Crippen LogP contribution in [0.1, 0.15) is 5.56 Å². The normalized spacial score (nSPS) is 13.7. The molecule has 3 N–H and O–H groups in total. The number of nitrogens with zero attached hydrogens (tertiary/aromatic N) is 5. The van der Waals surface area contributed by atoms with E-state index in [0.29, 0.717) is 18.4 Å². The largest absolute Gasteiger partial charge is 0.495 e. The molecule has 0 bridgehead atoms. The molecule has 162 valence electrons. The highest BCUT2D eigenvalue weighted by Gasteiger charge is 2.22. The van der Waals surface area contributed by atoms with E-state index in [1.54, 1.807) is 7.11 Å². The van der Waals surface area contributed by atoms with Crippen LogP contribution in [0.25, 0.3) is 0 Å². The van der Waals surface area contributed by atoms with Crippen LogP contribution in [0.3, 0.4) is 0 Å². The Hall–Kier alpha value is -3.59. The second-order valence-corrected chi connectivity index (χ2v) is 7.20. The topological polar surface area (TPSA) is 98.7 Å². The van der Waals surface area contributed by atoms with E-state index in [4.69, 9.17) is 4.74 Å². The maximum absolute atomic E-state index is 9.37. The quantitative estimate of drug-likeness (QED) is 0.474. The van der Waals surface area contributed by atoms with E-state index < -0.39 is 0 Å². The number of anilines is 4. The third kappa shape index (κ3) is 5.13. The van der Waals surface area contributed by atoms with Gasteiger partial charge in [0.15, 0.2) is 0 Å². The van der Waals surface area contributed by atoms with E-state index in [1.807, 2.05) is 41.9 Å². The average molecular weight is 422 g/mol. The van der Waals surface area contributed by atoms with Crippen LogP contribution in [0.15, 0.2) is 54.6 Å². The summed E-state index contributed by atoms with van der Waals surface area (Å²) >= 11 is 0. The zero-order chi connectivity index (χ0) is 21.5. The second-order valence-electron chi connectivity index (χ2n) is 7.20. The number of rotatable bonds is 8. The molecule has 3 aromatic rings. The van der Waals surface area contributed by atoms with Crippen LogP contribution < -0.4 is 25.3 Å². The number of benzene rings is 2. The molecule has 0 aliphatic carbocycles. The van der Waals surface area contributed by atoms with Gasteiger partial charge in [0.05, 0.1) is 12.8 Å². The lowest BCUT2D eigenvalue weighted by atomic mass is 10.1. The summed E-state index contributed by atoms with van der Waals surface area (Å²) in [5, 5.41) is 12.6. The highest BCUT2D eigenvalue weighted by molar-refractivity contribution is 5.59. The Kier molecular flexibility index (Phi) is 6.63. The minimum absolute atomic E-state index is 0.124. The van der Waals surface area contributed by atoms with Crippen molar-refractivity contribution in [3.8, 4) is 5.75 Å².